The molecular weight excluding hydrogens is 504 g/mol. The summed E-state index contributed by atoms with van der Waals surface area (Å²) in [5.41, 5.74) is 2.41. The monoisotopic (exact) mass is 540 g/mol. The maximum atomic E-state index is 12.2. The van der Waals surface area contributed by atoms with Gasteiger partial charge in [-0.05, 0) is 83.2 Å². The molecule has 11 heteroatoms. The minimum absolute atomic E-state index is 0.0202. The van der Waals surface area contributed by atoms with E-state index in [-0.39, 0.29) is 18.2 Å². The van der Waals surface area contributed by atoms with E-state index < -0.39 is 15.3 Å². The number of aromatic nitrogens is 3. The number of hydrogen-bond acceptors (Lipinski definition) is 9. The molecule has 0 radical (unpaired) electrons. The third-order valence-electron chi connectivity index (χ3n) is 5.94. The molecule has 0 unspecified atom stereocenters. The largest absolute Gasteiger partial charge is 0.473 e. The number of rotatable bonds is 6. The number of aryl methyl sites for hydroxylation is 1. The highest BCUT2D eigenvalue weighted by atomic mass is 32.2. The van der Waals surface area contributed by atoms with E-state index in [1.54, 1.807) is 18.7 Å². The third kappa shape index (κ3) is 7.53. The van der Waals surface area contributed by atoms with Crippen molar-refractivity contribution in [1.82, 2.24) is 20.3 Å². The van der Waals surface area contributed by atoms with Crippen LogP contribution in [0.15, 0.2) is 41.2 Å². The van der Waals surface area contributed by atoms with Gasteiger partial charge in [-0.3, -0.25) is 0 Å². The lowest BCUT2D eigenvalue weighted by Crippen LogP contribution is -2.42. The van der Waals surface area contributed by atoms with Crippen molar-refractivity contribution in [3.63, 3.8) is 0 Å². The maximum absolute atomic E-state index is 12.2. The van der Waals surface area contributed by atoms with Crippen LogP contribution < -0.4 is 15.4 Å². The molecule has 0 atom stereocenters. The molecule has 0 saturated heterocycles. The van der Waals surface area contributed by atoms with Gasteiger partial charge in [-0.1, -0.05) is 0 Å². The van der Waals surface area contributed by atoms with Crippen molar-refractivity contribution < 1.29 is 18.5 Å². The van der Waals surface area contributed by atoms with Crippen molar-refractivity contribution in [2.75, 3.05) is 17.8 Å². The summed E-state index contributed by atoms with van der Waals surface area (Å²) in [6.45, 7) is 7.51. The molecule has 1 aliphatic rings. The van der Waals surface area contributed by atoms with Gasteiger partial charge < -0.3 is 20.1 Å². The molecule has 4 rings (SSSR count). The smallest absolute Gasteiger partial charge is 0.407 e. The van der Waals surface area contributed by atoms with E-state index in [0.29, 0.717) is 28.6 Å². The van der Waals surface area contributed by atoms with E-state index in [1.165, 1.54) is 6.33 Å². The molecule has 38 heavy (non-hydrogen) atoms. The second-order valence-electron chi connectivity index (χ2n) is 10.9. The number of amides is 1. The van der Waals surface area contributed by atoms with Crippen LogP contribution in [0.4, 0.5) is 22.0 Å². The Kier molecular flexibility index (Phi) is 8.05. The van der Waals surface area contributed by atoms with Gasteiger partial charge in [0.05, 0.1) is 11.2 Å². The molecule has 3 aromatic rings. The molecule has 1 saturated carbocycles. The fourth-order valence-corrected chi connectivity index (χ4v) is 5.05. The first-order valence-electron chi connectivity index (χ1n) is 12.7. The summed E-state index contributed by atoms with van der Waals surface area (Å²) in [7, 11) is -2.29. The highest BCUT2D eigenvalue weighted by Gasteiger charge is 2.26. The minimum atomic E-state index is -2.29. The van der Waals surface area contributed by atoms with Crippen LogP contribution in [0.25, 0.3) is 10.9 Å². The Morgan fingerprint density at radius 2 is 1.84 bits per heavy atom. The molecule has 0 bridgehead atoms. The SMILES string of the molecule is Cc1cc(N=S(C)(C)=O)cc2ncnc(Nc3cccnc3O[C@H]3CC[C@H](NC(=O)OC(C)(C)C)CC3)c12. The zero-order valence-electron chi connectivity index (χ0n) is 22.8. The van der Waals surface area contributed by atoms with Crippen LogP contribution in [-0.2, 0) is 14.5 Å². The summed E-state index contributed by atoms with van der Waals surface area (Å²) in [4.78, 5) is 25.5. The number of hydrogen-bond donors (Lipinski definition) is 2. The lowest BCUT2D eigenvalue weighted by molar-refractivity contribution is 0.0469. The topological polar surface area (TPSA) is 128 Å². The first kappa shape index (κ1) is 27.6. The van der Waals surface area contributed by atoms with E-state index in [9.17, 15) is 9.00 Å². The Hall–Kier alpha value is -3.47. The van der Waals surface area contributed by atoms with E-state index in [1.807, 2.05) is 52.0 Å². The van der Waals surface area contributed by atoms with Crippen molar-refractivity contribution >= 4 is 43.9 Å². The standard InChI is InChI=1S/C27H36N6O4S/c1-17-14-19(33-38(5,6)35)15-22-23(17)24(30-16-29-22)32-21-8-7-13-28-25(21)36-20-11-9-18(10-12-20)31-26(34)37-27(2,3)4/h7-8,13-16,18,20H,9-12H2,1-6H3,(H,31,34)(H,29,30,32)/t18-,20-. The number of alkyl carbamates (subject to hydrolysis) is 1. The molecule has 2 N–H and O–H groups in total. The number of nitrogens with one attached hydrogen (secondary N) is 2. The molecule has 0 spiro atoms. The van der Waals surface area contributed by atoms with Gasteiger partial charge in [0.25, 0.3) is 0 Å². The maximum Gasteiger partial charge on any atom is 0.407 e. The quantitative estimate of drug-likeness (QED) is 0.410. The summed E-state index contributed by atoms with van der Waals surface area (Å²) in [5.74, 6) is 1.11. The zero-order valence-corrected chi connectivity index (χ0v) is 23.6. The van der Waals surface area contributed by atoms with Crippen LogP contribution in [0.3, 0.4) is 0 Å². The van der Waals surface area contributed by atoms with Crippen LogP contribution >= 0.6 is 0 Å². The van der Waals surface area contributed by atoms with Gasteiger partial charge in [0, 0.05) is 39.9 Å². The molecule has 1 aliphatic carbocycles. The number of carbonyl (C=O) groups is 1. The van der Waals surface area contributed by atoms with Crippen LogP contribution in [0.2, 0.25) is 0 Å². The summed E-state index contributed by atoms with van der Waals surface area (Å²) >= 11 is 0. The summed E-state index contributed by atoms with van der Waals surface area (Å²) in [5, 5.41) is 7.17. The van der Waals surface area contributed by atoms with E-state index in [0.717, 1.165) is 36.6 Å². The van der Waals surface area contributed by atoms with Crippen LogP contribution in [-0.4, -0.2) is 55.5 Å². The minimum Gasteiger partial charge on any atom is -0.473 e. The Morgan fingerprint density at radius 1 is 1.11 bits per heavy atom. The molecule has 1 amide bonds. The van der Waals surface area contributed by atoms with Crippen molar-refractivity contribution in [1.29, 1.82) is 0 Å². The molecule has 204 valence electrons. The van der Waals surface area contributed by atoms with E-state index in [4.69, 9.17) is 9.47 Å². The Bertz CT molecular complexity index is 1430. The number of fused-ring (bicyclic) bond motifs is 1. The molecule has 0 aliphatic heterocycles. The van der Waals surface area contributed by atoms with Crippen molar-refractivity contribution in [3.05, 3.63) is 42.4 Å². The predicted molar refractivity (Wildman–Crippen MR) is 150 cm³/mol. The first-order valence-corrected chi connectivity index (χ1v) is 15.0. The van der Waals surface area contributed by atoms with Crippen molar-refractivity contribution in [2.45, 2.75) is 71.1 Å². The number of benzene rings is 1. The first-order chi connectivity index (χ1) is 17.9. The number of carbonyl (C=O) groups excluding carboxylic acids is 1. The fraction of sp³-hybridized carbons (Fsp3) is 0.481. The van der Waals surface area contributed by atoms with Crippen LogP contribution in [0.5, 0.6) is 5.88 Å². The fourth-order valence-electron chi connectivity index (χ4n) is 4.44. The highest BCUT2D eigenvalue weighted by Crippen LogP contribution is 2.33. The van der Waals surface area contributed by atoms with Crippen molar-refractivity contribution in [3.8, 4) is 5.88 Å². The number of nitrogens with zero attached hydrogens (tertiary/aromatic N) is 4. The second-order valence-corrected chi connectivity index (χ2v) is 13.4. The van der Waals surface area contributed by atoms with Gasteiger partial charge in [0.2, 0.25) is 5.88 Å². The lowest BCUT2D eigenvalue weighted by atomic mass is 9.93. The van der Waals surface area contributed by atoms with Crippen LogP contribution in [0, 0.1) is 6.92 Å². The average Bonchev–Trinajstić information content (AvgIpc) is 2.79. The molecule has 1 aromatic carbocycles. The Morgan fingerprint density at radius 3 is 2.53 bits per heavy atom. The third-order valence-corrected chi connectivity index (χ3v) is 6.59. The van der Waals surface area contributed by atoms with Gasteiger partial charge in [0.15, 0.2) is 0 Å². The highest BCUT2D eigenvalue weighted by molar-refractivity contribution is 7.92. The molecule has 1 fully saturated rings. The lowest BCUT2D eigenvalue weighted by Gasteiger charge is -2.30. The van der Waals surface area contributed by atoms with Gasteiger partial charge in [-0.25, -0.2) is 24.0 Å². The number of ether oxygens (including phenoxy) is 2. The Balaban J connectivity index is 1.47. The van der Waals surface area contributed by atoms with Gasteiger partial charge >= 0.3 is 6.09 Å². The van der Waals surface area contributed by atoms with E-state index in [2.05, 4.69) is 29.9 Å². The zero-order chi connectivity index (χ0) is 27.5. The molecule has 2 heterocycles. The molecular formula is C27H36N6O4S. The molecule has 2 aromatic heterocycles. The second kappa shape index (κ2) is 11.1. The number of pyridine rings is 1. The van der Waals surface area contributed by atoms with E-state index >= 15 is 0 Å². The van der Waals surface area contributed by atoms with Crippen molar-refractivity contribution in [2.24, 2.45) is 4.36 Å². The summed E-state index contributed by atoms with van der Waals surface area (Å²) in [6.07, 6.45) is 9.15. The summed E-state index contributed by atoms with van der Waals surface area (Å²) in [6, 6.07) is 7.49. The van der Waals surface area contributed by atoms with Crippen LogP contribution in [0.1, 0.15) is 52.0 Å². The van der Waals surface area contributed by atoms with Gasteiger partial charge in [-0.15, -0.1) is 0 Å². The normalized spacial score (nSPS) is 18.1. The average molecular weight is 541 g/mol. The molecule has 10 nitrogen and oxygen atoms in total. The number of anilines is 2. The van der Waals surface area contributed by atoms with Gasteiger partial charge in [0.1, 0.15) is 29.5 Å². The van der Waals surface area contributed by atoms with Gasteiger partial charge in [-0.2, -0.15) is 4.36 Å². The summed E-state index contributed by atoms with van der Waals surface area (Å²) < 4.78 is 28.2. The predicted octanol–water partition coefficient (Wildman–Crippen LogP) is 5.65. The Labute approximate surface area is 224 Å².